The number of hydrogen-bond acceptors (Lipinski definition) is 1. The van der Waals surface area contributed by atoms with E-state index in [1.54, 1.807) is 13.8 Å². The van der Waals surface area contributed by atoms with E-state index in [0.29, 0.717) is 0 Å². The van der Waals surface area contributed by atoms with Gasteiger partial charge in [0.2, 0.25) is 5.91 Å². The van der Waals surface area contributed by atoms with Gasteiger partial charge in [0, 0.05) is 5.92 Å². The number of halogens is 3. The molecule has 0 saturated carbocycles. The summed E-state index contributed by atoms with van der Waals surface area (Å²) in [6.07, 6.45) is 0. The van der Waals surface area contributed by atoms with Crippen molar-refractivity contribution in [2.45, 2.75) is 13.8 Å². The third-order valence-corrected chi connectivity index (χ3v) is 2.38. The molecule has 82 valence electrons. The first-order valence-corrected chi connectivity index (χ1v) is 5.13. The largest absolute Gasteiger partial charge is 0.323 e. The average Bonchev–Trinajstić information content (AvgIpc) is 2.10. The van der Waals surface area contributed by atoms with Gasteiger partial charge < -0.3 is 5.32 Å². The second-order valence-corrected chi connectivity index (χ2v) is 4.20. The Kier molecular flexibility index (Phi) is 3.94. The van der Waals surface area contributed by atoms with Crippen LogP contribution in [0.4, 0.5) is 10.1 Å². The number of amides is 1. The molecule has 0 radical (unpaired) electrons. The number of carbonyl (C=O) groups excluding carboxylic acids is 1. The van der Waals surface area contributed by atoms with Crippen LogP contribution in [0.15, 0.2) is 12.1 Å². The standard InChI is InChI=1S/C10H10Cl2FNO/c1-5(2)10(15)14-9-7(11)3-6(13)4-8(9)12/h3-5H,1-2H3,(H,14,15). The summed E-state index contributed by atoms with van der Waals surface area (Å²) in [5.74, 6) is -0.944. The van der Waals surface area contributed by atoms with Crippen molar-refractivity contribution in [1.29, 1.82) is 0 Å². The maximum atomic E-state index is 12.8. The van der Waals surface area contributed by atoms with Gasteiger partial charge in [-0.1, -0.05) is 37.0 Å². The highest BCUT2D eigenvalue weighted by Gasteiger charge is 2.13. The molecule has 0 aromatic heterocycles. The molecule has 0 bridgehead atoms. The molecule has 1 aromatic carbocycles. The Balaban J connectivity index is 3.00. The lowest BCUT2D eigenvalue weighted by Gasteiger charge is -2.11. The number of carbonyl (C=O) groups is 1. The maximum Gasteiger partial charge on any atom is 0.227 e. The van der Waals surface area contributed by atoms with Gasteiger partial charge in [0.15, 0.2) is 0 Å². The first-order chi connectivity index (χ1) is 6.91. The van der Waals surface area contributed by atoms with Crippen LogP contribution < -0.4 is 5.32 Å². The number of benzene rings is 1. The van der Waals surface area contributed by atoms with E-state index in [0.717, 1.165) is 12.1 Å². The predicted molar refractivity (Wildman–Crippen MR) is 59.9 cm³/mol. The van der Waals surface area contributed by atoms with Crippen LogP contribution in [0, 0.1) is 11.7 Å². The summed E-state index contributed by atoms with van der Waals surface area (Å²) in [7, 11) is 0. The van der Waals surface area contributed by atoms with Crippen LogP contribution >= 0.6 is 23.2 Å². The molecule has 1 N–H and O–H groups in total. The summed E-state index contributed by atoms with van der Waals surface area (Å²) in [6.45, 7) is 3.47. The molecule has 0 atom stereocenters. The highest BCUT2D eigenvalue weighted by atomic mass is 35.5. The van der Waals surface area contributed by atoms with Gasteiger partial charge in [-0.05, 0) is 12.1 Å². The molecule has 15 heavy (non-hydrogen) atoms. The minimum Gasteiger partial charge on any atom is -0.323 e. The third-order valence-electron chi connectivity index (χ3n) is 1.78. The summed E-state index contributed by atoms with van der Waals surface area (Å²) >= 11 is 11.5. The molecule has 5 heteroatoms. The maximum absolute atomic E-state index is 12.8. The molecule has 0 unspecified atom stereocenters. The Morgan fingerprint density at radius 3 is 2.20 bits per heavy atom. The first-order valence-electron chi connectivity index (χ1n) is 4.37. The van der Waals surface area contributed by atoms with Gasteiger partial charge in [0.25, 0.3) is 0 Å². The van der Waals surface area contributed by atoms with Crippen molar-refractivity contribution < 1.29 is 9.18 Å². The highest BCUT2D eigenvalue weighted by Crippen LogP contribution is 2.31. The second-order valence-electron chi connectivity index (χ2n) is 3.39. The van der Waals surface area contributed by atoms with Crippen molar-refractivity contribution >= 4 is 34.8 Å². The first kappa shape index (κ1) is 12.3. The van der Waals surface area contributed by atoms with E-state index < -0.39 is 5.82 Å². The summed E-state index contributed by atoms with van der Waals surface area (Å²) < 4.78 is 12.8. The van der Waals surface area contributed by atoms with Crippen molar-refractivity contribution in [2.24, 2.45) is 5.92 Å². The number of rotatable bonds is 2. The van der Waals surface area contributed by atoms with Crippen molar-refractivity contribution in [1.82, 2.24) is 0 Å². The lowest BCUT2D eigenvalue weighted by Crippen LogP contribution is -2.18. The van der Waals surface area contributed by atoms with E-state index in [1.807, 2.05) is 0 Å². The topological polar surface area (TPSA) is 29.1 Å². The van der Waals surface area contributed by atoms with Gasteiger partial charge in [0.1, 0.15) is 5.82 Å². The van der Waals surface area contributed by atoms with Crippen molar-refractivity contribution in [3.8, 4) is 0 Å². The van der Waals surface area contributed by atoms with Crippen LogP contribution in [0.25, 0.3) is 0 Å². The minimum absolute atomic E-state index is 0.0917. The minimum atomic E-state index is -0.535. The molecule has 0 aliphatic heterocycles. The Labute approximate surface area is 97.4 Å². The van der Waals surface area contributed by atoms with Gasteiger partial charge in [-0.3, -0.25) is 4.79 Å². The van der Waals surface area contributed by atoms with Gasteiger partial charge in [0.05, 0.1) is 15.7 Å². The zero-order valence-electron chi connectivity index (χ0n) is 8.27. The van der Waals surface area contributed by atoms with Crippen molar-refractivity contribution in [3.63, 3.8) is 0 Å². The molecule has 1 rings (SSSR count). The fraction of sp³-hybridized carbons (Fsp3) is 0.300. The number of hydrogen-bond donors (Lipinski definition) is 1. The van der Waals surface area contributed by atoms with Crippen LogP contribution in [0.5, 0.6) is 0 Å². The molecule has 1 aromatic rings. The average molecular weight is 250 g/mol. The van der Waals surface area contributed by atoms with Crippen LogP contribution in [0.2, 0.25) is 10.0 Å². The quantitative estimate of drug-likeness (QED) is 0.851. The fourth-order valence-corrected chi connectivity index (χ4v) is 1.48. The van der Waals surface area contributed by atoms with E-state index >= 15 is 0 Å². The molecule has 0 heterocycles. The van der Waals surface area contributed by atoms with Crippen LogP contribution in [0.3, 0.4) is 0 Å². The van der Waals surface area contributed by atoms with Gasteiger partial charge >= 0.3 is 0 Å². The Morgan fingerprint density at radius 2 is 1.80 bits per heavy atom. The van der Waals surface area contributed by atoms with Crippen LogP contribution in [-0.4, -0.2) is 5.91 Å². The summed E-state index contributed by atoms with van der Waals surface area (Å²) in [5.41, 5.74) is 0.249. The molecular weight excluding hydrogens is 240 g/mol. The monoisotopic (exact) mass is 249 g/mol. The van der Waals surface area contributed by atoms with Crippen molar-refractivity contribution in [2.75, 3.05) is 5.32 Å². The normalized spacial score (nSPS) is 10.5. The molecule has 1 amide bonds. The summed E-state index contributed by atoms with van der Waals surface area (Å²) in [5, 5.41) is 2.72. The van der Waals surface area contributed by atoms with Crippen molar-refractivity contribution in [3.05, 3.63) is 28.0 Å². The second kappa shape index (κ2) is 4.81. The third kappa shape index (κ3) is 3.08. The number of nitrogens with one attached hydrogen (secondary N) is 1. The van der Waals surface area contributed by atoms with Gasteiger partial charge in [-0.25, -0.2) is 4.39 Å². The Morgan fingerprint density at radius 1 is 1.33 bits per heavy atom. The Hall–Kier alpha value is -0.800. The number of anilines is 1. The van der Waals surface area contributed by atoms with E-state index in [4.69, 9.17) is 23.2 Å². The highest BCUT2D eigenvalue weighted by molar-refractivity contribution is 6.39. The van der Waals surface area contributed by atoms with Gasteiger partial charge in [-0.15, -0.1) is 0 Å². The molecule has 0 aliphatic rings. The molecule has 0 spiro atoms. The molecular formula is C10H10Cl2FNO. The van der Waals surface area contributed by atoms with Crippen LogP contribution in [0.1, 0.15) is 13.8 Å². The van der Waals surface area contributed by atoms with Crippen LogP contribution in [-0.2, 0) is 4.79 Å². The van der Waals surface area contributed by atoms with Gasteiger partial charge in [-0.2, -0.15) is 0 Å². The van der Waals surface area contributed by atoms with E-state index in [9.17, 15) is 9.18 Å². The zero-order valence-corrected chi connectivity index (χ0v) is 9.79. The summed E-state index contributed by atoms with van der Waals surface area (Å²) in [4.78, 5) is 11.4. The smallest absolute Gasteiger partial charge is 0.227 e. The SMILES string of the molecule is CC(C)C(=O)Nc1c(Cl)cc(F)cc1Cl. The Bertz CT molecular complexity index is 370. The lowest BCUT2D eigenvalue weighted by molar-refractivity contribution is -0.118. The molecule has 0 aliphatic carbocycles. The summed E-state index contributed by atoms with van der Waals surface area (Å²) in [6, 6.07) is 2.20. The molecule has 0 fully saturated rings. The molecule has 2 nitrogen and oxygen atoms in total. The molecule has 0 saturated heterocycles. The zero-order chi connectivity index (χ0) is 11.6. The fourth-order valence-electron chi connectivity index (χ4n) is 0.929. The predicted octanol–water partition coefficient (Wildman–Crippen LogP) is 3.73. The van der Waals surface area contributed by atoms with E-state index in [1.165, 1.54) is 0 Å². The van der Waals surface area contributed by atoms with E-state index in [2.05, 4.69) is 5.32 Å². The van der Waals surface area contributed by atoms with E-state index in [-0.39, 0.29) is 27.6 Å². The lowest BCUT2D eigenvalue weighted by atomic mass is 10.2.